The number of furan rings is 1. The van der Waals surface area contributed by atoms with Gasteiger partial charge in [-0.3, -0.25) is 0 Å². The number of hydrogen-bond donors (Lipinski definition) is 1. The molecular formula is C15H18BrNO. The van der Waals surface area contributed by atoms with Crippen LogP contribution in [-0.4, -0.2) is 6.54 Å². The van der Waals surface area contributed by atoms with Gasteiger partial charge in [-0.15, -0.1) is 0 Å². The van der Waals surface area contributed by atoms with Gasteiger partial charge < -0.3 is 9.73 Å². The smallest absolute Gasteiger partial charge is 0.148 e. The second-order valence-electron chi connectivity index (χ2n) is 4.40. The molecule has 96 valence electrons. The first-order chi connectivity index (χ1) is 8.72. The minimum absolute atomic E-state index is 0.388. The Morgan fingerprint density at radius 3 is 2.50 bits per heavy atom. The van der Waals surface area contributed by atoms with Gasteiger partial charge >= 0.3 is 0 Å². The van der Waals surface area contributed by atoms with Crippen LogP contribution in [-0.2, 0) is 0 Å². The fraction of sp³-hybridized carbons (Fsp3) is 0.333. The number of rotatable bonds is 5. The summed E-state index contributed by atoms with van der Waals surface area (Å²) in [6.45, 7) is 5.41. The van der Waals surface area contributed by atoms with Gasteiger partial charge in [0.25, 0.3) is 0 Å². The SMILES string of the molecule is CCCNC(C)c1ccc(-c2occc2Br)cc1. The van der Waals surface area contributed by atoms with Crippen molar-refractivity contribution in [3.63, 3.8) is 0 Å². The zero-order valence-electron chi connectivity index (χ0n) is 10.7. The Bertz CT molecular complexity index is 489. The number of halogens is 1. The molecule has 2 aromatic rings. The summed E-state index contributed by atoms with van der Waals surface area (Å²) in [7, 11) is 0. The molecule has 1 aromatic heterocycles. The molecule has 1 N–H and O–H groups in total. The third-order valence-electron chi connectivity index (χ3n) is 2.99. The molecular weight excluding hydrogens is 290 g/mol. The highest BCUT2D eigenvalue weighted by Gasteiger charge is 2.08. The summed E-state index contributed by atoms with van der Waals surface area (Å²) >= 11 is 3.48. The van der Waals surface area contributed by atoms with E-state index in [4.69, 9.17) is 4.42 Å². The first-order valence-corrected chi connectivity index (χ1v) is 7.08. The van der Waals surface area contributed by atoms with Gasteiger partial charge in [-0.05, 0) is 47.4 Å². The Kier molecular flexibility index (Phi) is 4.61. The first-order valence-electron chi connectivity index (χ1n) is 6.29. The Hall–Kier alpha value is -1.06. The van der Waals surface area contributed by atoms with Crippen LogP contribution in [0.25, 0.3) is 11.3 Å². The monoisotopic (exact) mass is 307 g/mol. The van der Waals surface area contributed by atoms with Crippen LogP contribution in [0.1, 0.15) is 31.9 Å². The highest BCUT2D eigenvalue weighted by Crippen LogP contribution is 2.29. The molecule has 0 aliphatic carbocycles. The molecule has 2 rings (SSSR count). The van der Waals surface area contributed by atoms with Crippen molar-refractivity contribution in [2.24, 2.45) is 0 Å². The van der Waals surface area contributed by atoms with Crippen LogP contribution in [0.2, 0.25) is 0 Å². The van der Waals surface area contributed by atoms with Crippen molar-refractivity contribution < 1.29 is 4.42 Å². The molecule has 2 nitrogen and oxygen atoms in total. The molecule has 0 bridgehead atoms. The van der Waals surface area contributed by atoms with E-state index >= 15 is 0 Å². The lowest BCUT2D eigenvalue weighted by Gasteiger charge is -2.13. The quantitative estimate of drug-likeness (QED) is 0.860. The van der Waals surface area contributed by atoms with Gasteiger partial charge in [-0.1, -0.05) is 31.2 Å². The minimum atomic E-state index is 0.388. The average Bonchev–Trinajstić information content (AvgIpc) is 2.82. The third-order valence-corrected chi connectivity index (χ3v) is 3.62. The van der Waals surface area contributed by atoms with Crippen LogP contribution in [0.15, 0.2) is 45.5 Å². The second kappa shape index (κ2) is 6.21. The summed E-state index contributed by atoms with van der Waals surface area (Å²) in [5.74, 6) is 0.885. The van der Waals surface area contributed by atoms with Crippen molar-refractivity contribution in [1.29, 1.82) is 0 Å². The van der Waals surface area contributed by atoms with E-state index in [-0.39, 0.29) is 0 Å². The van der Waals surface area contributed by atoms with Crippen molar-refractivity contribution in [2.45, 2.75) is 26.3 Å². The Morgan fingerprint density at radius 1 is 1.22 bits per heavy atom. The van der Waals surface area contributed by atoms with Crippen LogP contribution in [0, 0.1) is 0 Å². The largest absolute Gasteiger partial charge is 0.463 e. The number of benzene rings is 1. The van der Waals surface area contributed by atoms with Gasteiger partial charge in [0.05, 0.1) is 10.7 Å². The predicted molar refractivity (Wildman–Crippen MR) is 78.6 cm³/mol. The normalized spacial score (nSPS) is 12.6. The summed E-state index contributed by atoms with van der Waals surface area (Å²) in [5.41, 5.74) is 2.40. The standard InChI is InChI=1S/C15H18BrNO/c1-3-9-17-11(2)12-4-6-13(7-5-12)15-14(16)8-10-18-15/h4-8,10-11,17H,3,9H2,1-2H3. The minimum Gasteiger partial charge on any atom is -0.463 e. The van der Waals surface area contributed by atoms with E-state index in [0.717, 1.165) is 28.8 Å². The Balaban J connectivity index is 2.13. The molecule has 0 radical (unpaired) electrons. The van der Waals surface area contributed by atoms with Gasteiger partial charge in [-0.2, -0.15) is 0 Å². The highest BCUT2D eigenvalue weighted by molar-refractivity contribution is 9.10. The fourth-order valence-corrected chi connectivity index (χ4v) is 2.33. The average molecular weight is 308 g/mol. The maximum atomic E-state index is 5.45. The maximum absolute atomic E-state index is 5.45. The van der Waals surface area contributed by atoms with Crippen LogP contribution in [0.4, 0.5) is 0 Å². The summed E-state index contributed by atoms with van der Waals surface area (Å²) in [4.78, 5) is 0. The van der Waals surface area contributed by atoms with Gasteiger partial charge in [0.2, 0.25) is 0 Å². The van der Waals surface area contributed by atoms with E-state index in [1.165, 1.54) is 5.56 Å². The Labute approximate surface area is 117 Å². The predicted octanol–water partition coefficient (Wildman–Crippen LogP) is 4.77. The lowest BCUT2D eigenvalue weighted by molar-refractivity contribution is 0.570. The van der Waals surface area contributed by atoms with Crippen molar-refractivity contribution >= 4 is 15.9 Å². The topological polar surface area (TPSA) is 25.2 Å². The van der Waals surface area contributed by atoms with E-state index in [2.05, 4.69) is 59.4 Å². The van der Waals surface area contributed by atoms with E-state index in [1.54, 1.807) is 6.26 Å². The zero-order chi connectivity index (χ0) is 13.0. The summed E-state index contributed by atoms with van der Waals surface area (Å²) in [6, 6.07) is 10.8. The van der Waals surface area contributed by atoms with Gasteiger partial charge in [0.1, 0.15) is 5.76 Å². The van der Waals surface area contributed by atoms with Gasteiger partial charge in [-0.25, -0.2) is 0 Å². The Morgan fingerprint density at radius 2 is 1.94 bits per heavy atom. The number of nitrogens with one attached hydrogen (secondary N) is 1. The molecule has 18 heavy (non-hydrogen) atoms. The molecule has 0 aliphatic heterocycles. The molecule has 0 saturated heterocycles. The third kappa shape index (κ3) is 3.03. The molecule has 0 saturated carbocycles. The fourth-order valence-electron chi connectivity index (χ4n) is 1.90. The van der Waals surface area contributed by atoms with Gasteiger partial charge in [0.15, 0.2) is 0 Å². The first kappa shape index (κ1) is 13.4. The summed E-state index contributed by atoms with van der Waals surface area (Å²) in [6.07, 6.45) is 2.85. The summed E-state index contributed by atoms with van der Waals surface area (Å²) in [5, 5.41) is 3.48. The van der Waals surface area contributed by atoms with E-state index in [1.807, 2.05) is 6.07 Å². The van der Waals surface area contributed by atoms with Crippen molar-refractivity contribution in [2.75, 3.05) is 6.54 Å². The summed E-state index contributed by atoms with van der Waals surface area (Å²) < 4.78 is 6.45. The van der Waals surface area contributed by atoms with Crippen molar-refractivity contribution in [3.8, 4) is 11.3 Å². The van der Waals surface area contributed by atoms with E-state index < -0.39 is 0 Å². The highest BCUT2D eigenvalue weighted by atomic mass is 79.9. The lowest BCUT2D eigenvalue weighted by atomic mass is 10.0. The second-order valence-corrected chi connectivity index (χ2v) is 5.25. The molecule has 1 unspecified atom stereocenters. The lowest BCUT2D eigenvalue weighted by Crippen LogP contribution is -2.19. The number of hydrogen-bond acceptors (Lipinski definition) is 2. The molecule has 3 heteroatoms. The molecule has 0 amide bonds. The maximum Gasteiger partial charge on any atom is 0.148 e. The molecule has 1 atom stereocenters. The van der Waals surface area contributed by atoms with E-state index in [0.29, 0.717) is 6.04 Å². The molecule has 0 aliphatic rings. The molecule has 0 fully saturated rings. The van der Waals surface area contributed by atoms with Crippen LogP contribution < -0.4 is 5.32 Å². The molecule has 1 heterocycles. The van der Waals surface area contributed by atoms with Gasteiger partial charge in [0, 0.05) is 11.6 Å². The van der Waals surface area contributed by atoms with Crippen LogP contribution >= 0.6 is 15.9 Å². The molecule has 1 aromatic carbocycles. The van der Waals surface area contributed by atoms with Crippen LogP contribution in [0.5, 0.6) is 0 Å². The van der Waals surface area contributed by atoms with Crippen LogP contribution in [0.3, 0.4) is 0 Å². The van der Waals surface area contributed by atoms with Crippen molar-refractivity contribution in [1.82, 2.24) is 5.32 Å². The van der Waals surface area contributed by atoms with E-state index in [9.17, 15) is 0 Å². The zero-order valence-corrected chi connectivity index (χ0v) is 12.3. The molecule has 0 spiro atoms. The van der Waals surface area contributed by atoms with Crippen molar-refractivity contribution in [3.05, 3.63) is 46.6 Å².